The Balaban J connectivity index is 2.13. The molecule has 0 aromatic carbocycles. The first kappa shape index (κ1) is 16.5. The Morgan fingerprint density at radius 3 is 2.71 bits per heavy atom. The number of aryl methyl sites for hydroxylation is 2. The zero-order valence-corrected chi connectivity index (χ0v) is 14.8. The van der Waals surface area contributed by atoms with Gasteiger partial charge in [0.1, 0.15) is 0 Å². The lowest BCUT2D eigenvalue weighted by atomic mass is 9.99. The fraction of sp³-hybridized carbons (Fsp3) is 0.733. The summed E-state index contributed by atoms with van der Waals surface area (Å²) >= 11 is 3.68. The predicted octanol–water partition coefficient (Wildman–Crippen LogP) is 2.47. The van der Waals surface area contributed by atoms with Gasteiger partial charge in [-0.2, -0.15) is 5.10 Å². The number of rotatable bonds is 5. The van der Waals surface area contributed by atoms with E-state index in [1.165, 1.54) is 12.8 Å². The summed E-state index contributed by atoms with van der Waals surface area (Å²) in [6, 6.07) is 0. The summed E-state index contributed by atoms with van der Waals surface area (Å²) in [5.41, 5.74) is 2.30. The third kappa shape index (κ3) is 3.31. The second-order valence-corrected chi connectivity index (χ2v) is 6.47. The summed E-state index contributed by atoms with van der Waals surface area (Å²) in [5.74, 6) is 0.222. The van der Waals surface area contributed by atoms with E-state index in [2.05, 4.69) is 51.4 Å². The molecule has 1 saturated heterocycles. The molecule has 2 unspecified atom stereocenters. The third-order valence-corrected chi connectivity index (χ3v) is 5.17. The molecule has 0 N–H and O–H groups in total. The molecule has 5 nitrogen and oxygen atoms in total. The molecule has 2 heterocycles. The van der Waals surface area contributed by atoms with Crippen LogP contribution < -0.4 is 0 Å². The first-order chi connectivity index (χ1) is 10.0. The lowest BCUT2D eigenvalue weighted by Crippen LogP contribution is -2.25. The number of nitrogens with zero attached hydrogens (tertiary/aromatic N) is 3. The van der Waals surface area contributed by atoms with E-state index in [1.54, 1.807) is 0 Å². The molecule has 21 heavy (non-hydrogen) atoms. The first-order valence-electron chi connectivity index (χ1n) is 7.55. The molecule has 1 aromatic heterocycles. The number of methoxy groups -OCH3 is 1. The van der Waals surface area contributed by atoms with Gasteiger partial charge in [-0.25, -0.2) is 0 Å². The maximum absolute atomic E-state index is 11.8. The summed E-state index contributed by atoms with van der Waals surface area (Å²) in [6.45, 7) is 9.69. The van der Waals surface area contributed by atoms with Crippen molar-refractivity contribution in [1.82, 2.24) is 14.7 Å². The zero-order valence-electron chi connectivity index (χ0n) is 13.2. The van der Waals surface area contributed by atoms with Crippen LogP contribution in [0.4, 0.5) is 0 Å². The Bertz CT molecular complexity index is 515. The van der Waals surface area contributed by atoms with Crippen LogP contribution in [-0.2, 0) is 29.0 Å². The van der Waals surface area contributed by atoms with Crippen molar-refractivity contribution in [3.05, 3.63) is 15.9 Å². The van der Waals surface area contributed by atoms with Crippen molar-refractivity contribution in [2.24, 2.45) is 11.8 Å². The van der Waals surface area contributed by atoms with E-state index in [4.69, 9.17) is 4.74 Å². The normalized spacial score (nSPS) is 22.7. The van der Waals surface area contributed by atoms with Gasteiger partial charge in [0.05, 0.1) is 28.9 Å². The fourth-order valence-electron chi connectivity index (χ4n) is 3.03. The molecule has 2 atom stereocenters. The van der Waals surface area contributed by atoms with Crippen LogP contribution in [0.5, 0.6) is 0 Å². The Kier molecular flexibility index (Phi) is 5.43. The highest BCUT2D eigenvalue weighted by molar-refractivity contribution is 9.10. The van der Waals surface area contributed by atoms with Crippen molar-refractivity contribution in [3.63, 3.8) is 0 Å². The highest BCUT2D eigenvalue weighted by atomic mass is 79.9. The molecule has 1 aliphatic rings. The van der Waals surface area contributed by atoms with Crippen molar-refractivity contribution >= 4 is 21.9 Å². The van der Waals surface area contributed by atoms with Gasteiger partial charge >= 0.3 is 5.97 Å². The van der Waals surface area contributed by atoms with Gasteiger partial charge in [0.25, 0.3) is 0 Å². The van der Waals surface area contributed by atoms with E-state index < -0.39 is 0 Å². The summed E-state index contributed by atoms with van der Waals surface area (Å²) in [4.78, 5) is 14.1. The maximum atomic E-state index is 11.8. The molecule has 0 spiro atoms. The van der Waals surface area contributed by atoms with Crippen molar-refractivity contribution in [2.75, 3.05) is 20.2 Å². The molecule has 0 radical (unpaired) electrons. The van der Waals surface area contributed by atoms with E-state index in [9.17, 15) is 4.79 Å². The number of hydrogen-bond donors (Lipinski definition) is 0. The number of halogens is 1. The molecule has 0 amide bonds. The van der Waals surface area contributed by atoms with Crippen molar-refractivity contribution in [2.45, 2.75) is 40.3 Å². The van der Waals surface area contributed by atoms with Crippen LogP contribution in [-0.4, -0.2) is 40.8 Å². The minimum absolute atomic E-state index is 0.0163. The summed E-state index contributed by atoms with van der Waals surface area (Å²) in [7, 11) is 1.47. The van der Waals surface area contributed by atoms with Crippen LogP contribution >= 0.6 is 15.9 Å². The van der Waals surface area contributed by atoms with Gasteiger partial charge in [0, 0.05) is 26.2 Å². The van der Waals surface area contributed by atoms with Crippen molar-refractivity contribution < 1.29 is 9.53 Å². The molecule has 1 aliphatic heterocycles. The van der Waals surface area contributed by atoms with Gasteiger partial charge in [-0.1, -0.05) is 13.8 Å². The number of hydrogen-bond acceptors (Lipinski definition) is 4. The second kappa shape index (κ2) is 6.92. The van der Waals surface area contributed by atoms with Crippen LogP contribution in [0.15, 0.2) is 4.47 Å². The van der Waals surface area contributed by atoms with Crippen LogP contribution in [0.1, 0.15) is 32.2 Å². The first-order valence-corrected chi connectivity index (χ1v) is 8.35. The predicted molar refractivity (Wildman–Crippen MR) is 84.9 cm³/mol. The molecule has 1 fully saturated rings. The Morgan fingerprint density at radius 2 is 2.14 bits per heavy atom. The van der Waals surface area contributed by atoms with Gasteiger partial charge in [-0.3, -0.25) is 14.4 Å². The lowest BCUT2D eigenvalue weighted by molar-refractivity contribution is -0.146. The minimum Gasteiger partial charge on any atom is -0.469 e. The van der Waals surface area contributed by atoms with E-state index in [-0.39, 0.29) is 11.9 Å². The van der Waals surface area contributed by atoms with Gasteiger partial charge in [-0.05, 0) is 35.2 Å². The monoisotopic (exact) mass is 357 g/mol. The Morgan fingerprint density at radius 1 is 1.43 bits per heavy atom. The van der Waals surface area contributed by atoms with Crippen molar-refractivity contribution in [3.8, 4) is 0 Å². The molecule has 6 heteroatoms. The van der Waals surface area contributed by atoms with E-state index in [1.807, 2.05) is 0 Å². The number of aromatic nitrogens is 2. The fourth-order valence-corrected chi connectivity index (χ4v) is 3.72. The average Bonchev–Trinajstić information content (AvgIpc) is 2.99. The number of esters is 1. The Hall–Kier alpha value is -0.880. The number of carbonyl (C=O) groups is 1. The third-order valence-electron chi connectivity index (χ3n) is 4.26. The molecule has 1 aromatic rings. The molecule has 0 aliphatic carbocycles. The van der Waals surface area contributed by atoms with Gasteiger partial charge in [0.2, 0.25) is 0 Å². The van der Waals surface area contributed by atoms with Crippen molar-refractivity contribution in [1.29, 1.82) is 0 Å². The highest BCUT2D eigenvalue weighted by Gasteiger charge is 2.36. The summed E-state index contributed by atoms with van der Waals surface area (Å²) in [5, 5.41) is 4.63. The standard InChI is InChI=1S/C15H24BrN3O2/c1-5-12-14(16)13(19(6-2)17-12)9-18-7-10(3)11(8-18)15(20)21-4/h10-11H,5-9H2,1-4H3. The number of likely N-dealkylation sites (tertiary alicyclic amines) is 1. The van der Waals surface area contributed by atoms with Gasteiger partial charge in [0.15, 0.2) is 0 Å². The second-order valence-electron chi connectivity index (χ2n) is 5.68. The topological polar surface area (TPSA) is 47.4 Å². The molecule has 0 saturated carbocycles. The molecular weight excluding hydrogens is 334 g/mol. The molecule has 118 valence electrons. The summed E-state index contributed by atoms with van der Waals surface area (Å²) < 4.78 is 8.07. The van der Waals surface area contributed by atoms with E-state index in [0.717, 1.165) is 42.8 Å². The largest absolute Gasteiger partial charge is 0.469 e. The van der Waals surface area contributed by atoms with E-state index in [0.29, 0.717) is 5.92 Å². The zero-order chi connectivity index (χ0) is 15.6. The molecular formula is C15H24BrN3O2. The lowest BCUT2D eigenvalue weighted by Gasteiger charge is -2.16. The maximum Gasteiger partial charge on any atom is 0.310 e. The Labute approximate surface area is 134 Å². The summed E-state index contributed by atoms with van der Waals surface area (Å²) in [6.07, 6.45) is 0.918. The number of carbonyl (C=O) groups excluding carboxylic acids is 1. The average molecular weight is 358 g/mol. The van der Waals surface area contributed by atoms with E-state index >= 15 is 0 Å². The SMILES string of the molecule is CCc1nn(CC)c(CN2CC(C)C(C(=O)OC)C2)c1Br. The molecule has 0 bridgehead atoms. The van der Waals surface area contributed by atoms with Gasteiger partial charge in [-0.15, -0.1) is 0 Å². The quantitative estimate of drug-likeness (QED) is 0.759. The van der Waals surface area contributed by atoms with Crippen LogP contribution in [0.25, 0.3) is 0 Å². The van der Waals surface area contributed by atoms with Crippen LogP contribution in [0.2, 0.25) is 0 Å². The van der Waals surface area contributed by atoms with Crippen LogP contribution in [0.3, 0.4) is 0 Å². The smallest absolute Gasteiger partial charge is 0.310 e. The minimum atomic E-state index is -0.0951. The highest BCUT2D eigenvalue weighted by Crippen LogP contribution is 2.29. The molecule has 2 rings (SSSR count). The van der Waals surface area contributed by atoms with Crippen LogP contribution in [0, 0.1) is 11.8 Å². The number of ether oxygens (including phenoxy) is 1. The van der Waals surface area contributed by atoms with Gasteiger partial charge < -0.3 is 4.74 Å².